The number of carboxylic acids is 1. The summed E-state index contributed by atoms with van der Waals surface area (Å²) >= 11 is 0. The summed E-state index contributed by atoms with van der Waals surface area (Å²) in [6.07, 6.45) is 6.45. The highest BCUT2D eigenvalue weighted by atomic mass is 19.1. The maximum absolute atomic E-state index is 14.6. The lowest BCUT2D eigenvalue weighted by Gasteiger charge is -2.32. The Morgan fingerprint density at radius 3 is 2.54 bits per heavy atom. The highest BCUT2D eigenvalue weighted by molar-refractivity contribution is 6.00. The fraction of sp³-hybridized carbons (Fsp3) is 0.214. The van der Waals surface area contributed by atoms with Crippen molar-refractivity contribution in [1.29, 1.82) is 0 Å². The van der Waals surface area contributed by atoms with Crippen molar-refractivity contribution in [3.05, 3.63) is 94.7 Å². The van der Waals surface area contributed by atoms with Crippen LogP contribution < -0.4 is 15.6 Å². The first-order valence-corrected chi connectivity index (χ1v) is 11.6. The molecular weight excluding hydrogens is 445 g/mol. The van der Waals surface area contributed by atoms with Gasteiger partial charge in [-0.1, -0.05) is 36.8 Å². The van der Waals surface area contributed by atoms with Gasteiger partial charge in [0, 0.05) is 23.9 Å². The molecule has 2 heterocycles. The van der Waals surface area contributed by atoms with E-state index in [1.54, 1.807) is 19.4 Å². The number of pyridine rings is 1. The van der Waals surface area contributed by atoms with Gasteiger partial charge in [0.05, 0.1) is 12.8 Å². The monoisotopic (exact) mass is 471 g/mol. The molecule has 1 saturated carbocycles. The summed E-state index contributed by atoms with van der Waals surface area (Å²) in [5.41, 5.74) is 12.7. The Bertz CT molecular complexity index is 1310. The molecule has 1 aliphatic carbocycles. The van der Waals surface area contributed by atoms with E-state index in [1.807, 2.05) is 54.6 Å². The van der Waals surface area contributed by atoms with Crippen molar-refractivity contribution in [1.82, 2.24) is 10.4 Å². The third-order valence-electron chi connectivity index (χ3n) is 6.60. The smallest absolute Gasteiger partial charge is 0.328 e. The second kappa shape index (κ2) is 9.72. The van der Waals surface area contributed by atoms with E-state index in [2.05, 4.69) is 15.8 Å². The molecule has 178 valence electrons. The molecule has 6 nitrogen and oxygen atoms in total. The van der Waals surface area contributed by atoms with Gasteiger partial charge < -0.3 is 15.3 Å². The summed E-state index contributed by atoms with van der Waals surface area (Å²) in [6.45, 7) is 0. The number of aromatic nitrogens is 1. The van der Waals surface area contributed by atoms with Crippen LogP contribution in [0.2, 0.25) is 0 Å². The van der Waals surface area contributed by atoms with Crippen molar-refractivity contribution >= 4 is 28.9 Å². The lowest BCUT2D eigenvalue weighted by atomic mass is 9.73. The highest BCUT2D eigenvalue weighted by Gasteiger charge is 2.29. The molecule has 1 atom stereocenters. The number of carbonyl (C=O) groups is 1. The van der Waals surface area contributed by atoms with Crippen molar-refractivity contribution < 1.29 is 19.0 Å². The summed E-state index contributed by atoms with van der Waals surface area (Å²) in [5.74, 6) is -0.0944. The van der Waals surface area contributed by atoms with E-state index in [0.717, 1.165) is 58.9 Å². The van der Waals surface area contributed by atoms with E-state index >= 15 is 0 Å². The molecule has 1 unspecified atom stereocenters. The van der Waals surface area contributed by atoms with Crippen molar-refractivity contribution in [3.63, 3.8) is 0 Å². The average Bonchev–Trinajstić information content (AvgIpc) is 3.22. The highest BCUT2D eigenvalue weighted by Crippen LogP contribution is 2.46. The fourth-order valence-electron chi connectivity index (χ4n) is 4.64. The SMILES string of the molecule is COc1cc(/C(=C(\c2ccc(/C=C/C(=O)O)cc2)c2ccc3c(c2)C(F)NN3)C2CCC2)ccn1. The van der Waals surface area contributed by atoms with Gasteiger partial charge >= 0.3 is 5.97 Å². The summed E-state index contributed by atoms with van der Waals surface area (Å²) in [6, 6.07) is 17.5. The first-order valence-electron chi connectivity index (χ1n) is 11.6. The van der Waals surface area contributed by atoms with Gasteiger partial charge in [-0.3, -0.25) is 0 Å². The van der Waals surface area contributed by atoms with Crippen molar-refractivity contribution in [2.75, 3.05) is 12.5 Å². The molecule has 1 aromatic heterocycles. The topological polar surface area (TPSA) is 83.5 Å². The molecule has 0 amide bonds. The van der Waals surface area contributed by atoms with Crippen molar-refractivity contribution in [3.8, 4) is 5.88 Å². The molecule has 0 spiro atoms. The van der Waals surface area contributed by atoms with Crippen LogP contribution in [0.3, 0.4) is 0 Å². The van der Waals surface area contributed by atoms with E-state index in [9.17, 15) is 9.18 Å². The number of aliphatic carboxylic acids is 1. The maximum Gasteiger partial charge on any atom is 0.328 e. The van der Waals surface area contributed by atoms with Crippen LogP contribution in [0.1, 0.15) is 53.4 Å². The van der Waals surface area contributed by atoms with Gasteiger partial charge in [-0.15, -0.1) is 0 Å². The Balaban J connectivity index is 1.71. The number of allylic oxidation sites excluding steroid dienone is 1. The van der Waals surface area contributed by atoms with Gasteiger partial charge in [0.2, 0.25) is 5.88 Å². The number of benzene rings is 2. The molecule has 0 bridgehead atoms. The fourth-order valence-corrected chi connectivity index (χ4v) is 4.64. The Kier molecular flexibility index (Phi) is 6.33. The number of fused-ring (bicyclic) bond motifs is 1. The number of rotatable bonds is 7. The molecule has 3 aromatic rings. The summed E-state index contributed by atoms with van der Waals surface area (Å²) < 4.78 is 20.0. The number of hydrogen-bond acceptors (Lipinski definition) is 5. The Hall–Kier alpha value is -3.97. The molecule has 1 aliphatic heterocycles. The van der Waals surface area contributed by atoms with Crippen molar-refractivity contribution in [2.45, 2.75) is 25.6 Å². The van der Waals surface area contributed by atoms with Gasteiger partial charge in [0.1, 0.15) is 0 Å². The molecular formula is C28H26FN3O3. The van der Waals surface area contributed by atoms with Crippen LogP contribution in [0.25, 0.3) is 17.2 Å². The number of methoxy groups -OCH3 is 1. The number of alkyl halides is 1. The van der Waals surface area contributed by atoms with Crippen LogP contribution >= 0.6 is 0 Å². The zero-order valence-corrected chi connectivity index (χ0v) is 19.3. The van der Waals surface area contributed by atoms with E-state index in [4.69, 9.17) is 9.84 Å². The number of halogens is 1. The molecule has 3 N–H and O–H groups in total. The zero-order chi connectivity index (χ0) is 24.4. The van der Waals surface area contributed by atoms with Gasteiger partial charge in [0.25, 0.3) is 0 Å². The second-order valence-electron chi connectivity index (χ2n) is 8.73. The van der Waals surface area contributed by atoms with Crippen LogP contribution in [0.4, 0.5) is 10.1 Å². The molecule has 0 radical (unpaired) electrons. The van der Waals surface area contributed by atoms with Gasteiger partial charge in [-0.25, -0.2) is 19.6 Å². The Morgan fingerprint density at radius 2 is 1.86 bits per heavy atom. The van der Waals surface area contributed by atoms with Gasteiger partial charge in [-0.2, -0.15) is 0 Å². The van der Waals surface area contributed by atoms with E-state index in [-0.39, 0.29) is 0 Å². The number of carboxylic acid groups (broad SMARTS) is 1. The minimum Gasteiger partial charge on any atom is -0.481 e. The van der Waals surface area contributed by atoms with E-state index < -0.39 is 12.3 Å². The Morgan fingerprint density at radius 1 is 1.09 bits per heavy atom. The minimum absolute atomic E-state index is 0.356. The minimum atomic E-state index is -1.29. The normalized spacial score (nSPS) is 17.9. The first-order chi connectivity index (χ1) is 17.0. The number of nitrogens with zero attached hydrogens (tertiary/aromatic N) is 1. The van der Waals surface area contributed by atoms with Crippen LogP contribution in [0.15, 0.2) is 66.9 Å². The largest absolute Gasteiger partial charge is 0.481 e. The number of hydrazine groups is 1. The van der Waals surface area contributed by atoms with Crippen LogP contribution in [-0.4, -0.2) is 23.2 Å². The third-order valence-corrected chi connectivity index (χ3v) is 6.60. The Labute approximate surface area is 203 Å². The molecule has 7 heteroatoms. The summed E-state index contributed by atoms with van der Waals surface area (Å²) in [5, 5.41) is 8.95. The number of ether oxygens (including phenoxy) is 1. The van der Waals surface area contributed by atoms with Crippen LogP contribution in [-0.2, 0) is 4.79 Å². The lowest BCUT2D eigenvalue weighted by Crippen LogP contribution is -2.15. The molecule has 1 fully saturated rings. The lowest BCUT2D eigenvalue weighted by molar-refractivity contribution is -0.131. The molecule has 35 heavy (non-hydrogen) atoms. The molecule has 2 aliphatic rings. The average molecular weight is 472 g/mol. The molecule has 0 saturated heterocycles. The standard InChI is InChI=1S/C28H26FN3O3/c1-35-24-16-21(13-14-30-24)26(18-3-2-4-18)27(19-8-5-17(6-9-19)7-12-25(33)34)20-10-11-23-22(15-20)28(29)32-31-23/h5-16,18,28,31-32H,2-4H2,1H3,(H,33,34)/b12-7+,27-26+. The predicted molar refractivity (Wildman–Crippen MR) is 134 cm³/mol. The number of nitrogens with one attached hydrogen (secondary N) is 2. The summed E-state index contributed by atoms with van der Waals surface area (Å²) in [4.78, 5) is 15.2. The quantitative estimate of drug-likeness (QED) is 0.296. The number of hydrogen-bond donors (Lipinski definition) is 3. The number of anilines is 1. The van der Waals surface area contributed by atoms with Gasteiger partial charge in [0.15, 0.2) is 6.30 Å². The van der Waals surface area contributed by atoms with Crippen LogP contribution in [0.5, 0.6) is 5.88 Å². The second-order valence-corrected chi connectivity index (χ2v) is 8.73. The first kappa shape index (κ1) is 22.8. The van der Waals surface area contributed by atoms with Crippen LogP contribution in [0, 0.1) is 5.92 Å². The summed E-state index contributed by atoms with van der Waals surface area (Å²) in [7, 11) is 1.60. The van der Waals surface area contributed by atoms with Crippen molar-refractivity contribution in [2.24, 2.45) is 5.92 Å². The predicted octanol–water partition coefficient (Wildman–Crippen LogP) is 5.85. The molecule has 2 aromatic carbocycles. The van der Waals surface area contributed by atoms with E-state index in [0.29, 0.717) is 17.4 Å². The van der Waals surface area contributed by atoms with E-state index in [1.165, 1.54) is 5.57 Å². The molecule has 5 rings (SSSR count). The maximum atomic E-state index is 14.6. The third kappa shape index (κ3) is 4.68. The van der Waals surface area contributed by atoms with Gasteiger partial charge in [-0.05, 0) is 76.4 Å². The zero-order valence-electron chi connectivity index (χ0n) is 19.3.